The van der Waals surface area contributed by atoms with Crippen LogP contribution in [0.1, 0.15) is 18.0 Å². The Hall–Kier alpha value is -0.570. The molecule has 1 aliphatic heterocycles. The van der Waals surface area contributed by atoms with E-state index in [1.807, 2.05) is 6.07 Å². The summed E-state index contributed by atoms with van der Waals surface area (Å²) in [5.74, 6) is 0. The quantitative estimate of drug-likeness (QED) is 0.868. The fourth-order valence-corrected chi connectivity index (χ4v) is 2.23. The molecule has 4 nitrogen and oxygen atoms in total. The topological polar surface area (TPSA) is 52.0 Å². The monoisotopic (exact) mass is 322 g/mol. The zero-order valence-electron chi connectivity index (χ0n) is 10.4. The molecule has 2 rings (SSSR count). The van der Waals surface area contributed by atoms with Crippen molar-refractivity contribution >= 4 is 36.4 Å². The zero-order chi connectivity index (χ0) is 12.1. The van der Waals surface area contributed by atoms with Gasteiger partial charge >= 0.3 is 0 Å². The van der Waals surface area contributed by atoms with E-state index >= 15 is 0 Å². The van der Waals surface area contributed by atoms with Crippen molar-refractivity contribution in [1.82, 2.24) is 15.2 Å². The minimum absolute atomic E-state index is 0. The number of rotatable bonds is 3. The van der Waals surface area contributed by atoms with E-state index in [1.165, 1.54) is 0 Å². The molecular weight excluding hydrogens is 307 g/mol. The number of nitrogens with one attached hydrogen (secondary N) is 1. The van der Waals surface area contributed by atoms with Crippen LogP contribution in [0.2, 0.25) is 5.15 Å². The number of hydrogen-bond acceptors (Lipinski definition) is 4. The second-order valence-electron chi connectivity index (χ2n) is 4.08. The van der Waals surface area contributed by atoms with Gasteiger partial charge in [-0.3, -0.25) is 4.90 Å². The lowest BCUT2D eigenvalue weighted by atomic mass is 10.0. The van der Waals surface area contributed by atoms with Crippen molar-refractivity contribution in [3.63, 3.8) is 0 Å². The number of nitriles is 1. The lowest BCUT2D eigenvalue weighted by molar-refractivity contribution is 0.175. The maximum absolute atomic E-state index is 8.94. The maximum atomic E-state index is 8.94. The van der Waals surface area contributed by atoms with E-state index in [2.05, 4.69) is 21.3 Å². The van der Waals surface area contributed by atoms with Gasteiger partial charge < -0.3 is 5.32 Å². The second kappa shape index (κ2) is 9.35. The fraction of sp³-hybridized carbons (Fsp3) is 0.500. The molecular formula is C12H17Cl3N4. The van der Waals surface area contributed by atoms with Crippen LogP contribution in [0.4, 0.5) is 0 Å². The molecule has 0 aliphatic carbocycles. The molecule has 0 aromatic carbocycles. The molecule has 0 bridgehead atoms. The molecule has 0 unspecified atom stereocenters. The number of piperazine rings is 1. The van der Waals surface area contributed by atoms with Crippen LogP contribution >= 0.6 is 36.4 Å². The van der Waals surface area contributed by atoms with E-state index in [-0.39, 0.29) is 30.9 Å². The van der Waals surface area contributed by atoms with Crippen LogP contribution in [0, 0.1) is 11.3 Å². The van der Waals surface area contributed by atoms with Crippen molar-refractivity contribution in [2.75, 3.05) is 26.2 Å². The normalized spacial score (nSPS) is 16.6. The van der Waals surface area contributed by atoms with Crippen LogP contribution in [0.3, 0.4) is 0 Å². The van der Waals surface area contributed by atoms with Gasteiger partial charge in [0.1, 0.15) is 5.15 Å². The van der Waals surface area contributed by atoms with Crippen LogP contribution in [0.5, 0.6) is 0 Å². The first-order valence-electron chi connectivity index (χ1n) is 5.74. The smallest absolute Gasteiger partial charge is 0.129 e. The Morgan fingerprint density at radius 3 is 2.58 bits per heavy atom. The molecule has 106 valence electrons. The van der Waals surface area contributed by atoms with Gasteiger partial charge in [0.15, 0.2) is 0 Å². The number of hydrogen-bond donors (Lipinski definition) is 1. The largest absolute Gasteiger partial charge is 0.314 e. The molecule has 1 N–H and O–H groups in total. The first kappa shape index (κ1) is 18.4. The fourth-order valence-electron chi connectivity index (χ4n) is 2.12. The second-order valence-corrected chi connectivity index (χ2v) is 4.47. The van der Waals surface area contributed by atoms with Gasteiger partial charge in [0.25, 0.3) is 0 Å². The van der Waals surface area contributed by atoms with Crippen molar-refractivity contribution in [2.45, 2.75) is 12.5 Å². The Balaban J connectivity index is 0.00000162. The Labute approximate surface area is 131 Å². The Morgan fingerprint density at radius 1 is 1.37 bits per heavy atom. The van der Waals surface area contributed by atoms with Crippen LogP contribution in [-0.2, 0) is 0 Å². The number of nitrogens with zero attached hydrogens (tertiary/aromatic N) is 3. The molecule has 0 amide bonds. The molecule has 2 heterocycles. The molecule has 1 aliphatic rings. The number of aromatic nitrogens is 1. The highest BCUT2D eigenvalue weighted by Gasteiger charge is 2.21. The van der Waals surface area contributed by atoms with E-state index in [9.17, 15) is 0 Å². The van der Waals surface area contributed by atoms with Crippen molar-refractivity contribution < 1.29 is 0 Å². The summed E-state index contributed by atoms with van der Waals surface area (Å²) in [7, 11) is 0. The SMILES string of the molecule is Cl.Cl.N#CC[C@@H](c1ccc(Cl)nc1)N1CCNCC1. The molecule has 1 fully saturated rings. The van der Waals surface area contributed by atoms with Gasteiger partial charge in [-0.15, -0.1) is 24.8 Å². The van der Waals surface area contributed by atoms with E-state index in [0.29, 0.717) is 11.6 Å². The van der Waals surface area contributed by atoms with Crippen LogP contribution in [-0.4, -0.2) is 36.1 Å². The van der Waals surface area contributed by atoms with Gasteiger partial charge in [-0.05, 0) is 11.6 Å². The third kappa shape index (κ3) is 5.13. The molecule has 1 aromatic heterocycles. The van der Waals surface area contributed by atoms with Gasteiger partial charge in [-0.1, -0.05) is 17.7 Å². The Bertz CT molecular complexity index is 398. The van der Waals surface area contributed by atoms with Gasteiger partial charge in [0.2, 0.25) is 0 Å². The Kier molecular flexibility index (Phi) is 9.07. The van der Waals surface area contributed by atoms with E-state index in [0.717, 1.165) is 31.7 Å². The highest BCUT2D eigenvalue weighted by molar-refractivity contribution is 6.29. The summed E-state index contributed by atoms with van der Waals surface area (Å²) < 4.78 is 0. The summed E-state index contributed by atoms with van der Waals surface area (Å²) in [4.78, 5) is 6.41. The van der Waals surface area contributed by atoms with Gasteiger partial charge in [-0.2, -0.15) is 5.26 Å². The summed E-state index contributed by atoms with van der Waals surface area (Å²) >= 11 is 5.78. The highest BCUT2D eigenvalue weighted by Crippen LogP contribution is 2.24. The minimum Gasteiger partial charge on any atom is -0.314 e. The third-order valence-corrected chi connectivity index (χ3v) is 3.24. The lowest BCUT2D eigenvalue weighted by Crippen LogP contribution is -2.45. The zero-order valence-corrected chi connectivity index (χ0v) is 12.8. The van der Waals surface area contributed by atoms with E-state index in [1.54, 1.807) is 12.3 Å². The predicted molar refractivity (Wildman–Crippen MR) is 81.2 cm³/mol. The first-order chi connectivity index (χ1) is 8.31. The van der Waals surface area contributed by atoms with Crippen molar-refractivity contribution in [3.8, 4) is 6.07 Å². The predicted octanol–water partition coefficient (Wildman–Crippen LogP) is 2.44. The molecule has 0 radical (unpaired) electrons. The van der Waals surface area contributed by atoms with Crippen LogP contribution in [0.15, 0.2) is 18.3 Å². The van der Waals surface area contributed by atoms with Gasteiger partial charge in [-0.25, -0.2) is 4.98 Å². The van der Waals surface area contributed by atoms with Crippen LogP contribution < -0.4 is 5.32 Å². The molecule has 1 atom stereocenters. The summed E-state index contributed by atoms with van der Waals surface area (Å²) in [6, 6.07) is 6.13. The van der Waals surface area contributed by atoms with Gasteiger partial charge in [0, 0.05) is 38.4 Å². The lowest BCUT2D eigenvalue weighted by Gasteiger charge is -2.33. The van der Waals surface area contributed by atoms with E-state index in [4.69, 9.17) is 16.9 Å². The summed E-state index contributed by atoms with van der Waals surface area (Å²) in [6.45, 7) is 3.88. The highest BCUT2D eigenvalue weighted by atomic mass is 35.5. The average Bonchev–Trinajstić information content (AvgIpc) is 2.38. The average molecular weight is 324 g/mol. The standard InChI is InChI=1S/C12H15ClN4.2ClH/c13-12-2-1-10(9-16-12)11(3-4-14)17-7-5-15-6-8-17;;/h1-2,9,11,15H,3,5-8H2;2*1H/t11-;;/m0../s1. The Morgan fingerprint density at radius 2 is 2.05 bits per heavy atom. The molecule has 7 heteroatoms. The van der Waals surface area contributed by atoms with Crippen molar-refractivity contribution in [2.24, 2.45) is 0 Å². The number of halogens is 3. The van der Waals surface area contributed by atoms with Crippen LogP contribution in [0.25, 0.3) is 0 Å². The maximum Gasteiger partial charge on any atom is 0.129 e. The molecule has 1 saturated heterocycles. The number of pyridine rings is 1. The minimum atomic E-state index is 0. The first-order valence-corrected chi connectivity index (χ1v) is 6.12. The van der Waals surface area contributed by atoms with Gasteiger partial charge in [0.05, 0.1) is 12.5 Å². The van der Waals surface area contributed by atoms with Crippen molar-refractivity contribution in [3.05, 3.63) is 29.0 Å². The molecule has 19 heavy (non-hydrogen) atoms. The summed E-state index contributed by atoms with van der Waals surface area (Å²) in [5, 5.41) is 12.7. The summed E-state index contributed by atoms with van der Waals surface area (Å²) in [6.07, 6.45) is 2.26. The van der Waals surface area contributed by atoms with E-state index < -0.39 is 0 Å². The van der Waals surface area contributed by atoms with Crippen molar-refractivity contribution in [1.29, 1.82) is 5.26 Å². The third-order valence-electron chi connectivity index (χ3n) is 3.01. The summed E-state index contributed by atoms with van der Waals surface area (Å²) in [5.41, 5.74) is 1.07. The molecule has 1 aromatic rings. The molecule has 0 spiro atoms. The molecule has 0 saturated carbocycles.